The van der Waals surface area contributed by atoms with Gasteiger partial charge in [0.2, 0.25) is 0 Å². The Kier molecular flexibility index (Phi) is 12.0. The Hall–Kier alpha value is -3.87. The van der Waals surface area contributed by atoms with Crippen molar-refractivity contribution in [2.75, 3.05) is 32.7 Å². The Bertz CT molecular complexity index is 1320. The van der Waals surface area contributed by atoms with E-state index in [0.29, 0.717) is 17.0 Å². The summed E-state index contributed by atoms with van der Waals surface area (Å²) in [5.41, 5.74) is 1.33. The molecule has 44 heavy (non-hydrogen) atoms. The second kappa shape index (κ2) is 15.2. The molecule has 3 N–H and O–H groups in total. The molecule has 1 aliphatic heterocycles. The van der Waals surface area contributed by atoms with Gasteiger partial charge in [0.05, 0.1) is 6.10 Å². The van der Waals surface area contributed by atoms with E-state index in [4.69, 9.17) is 25.8 Å². The molecule has 1 unspecified atom stereocenters. The van der Waals surface area contributed by atoms with Crippen LogP contribution in [0.1, 0.15) is 51.8 Å². The lowest BCUT2D eigenvalue weighted by molar-refractivity contribution is -0.205. The summed E-state index contributed by atoms with van der Waals surface area (Å²) in [7, 11) is 0. The summed E-state index contributed by atoms with van der Waals surface area (Å²) in [6.07, 6.45) is -2.29. The zero-order valence-corrected chi connectivity index (χ0v) is 26.3. The van der Waals surface area contributed by atoms with Crippen LogP contribution in [-0.2, 0) is 30.3 Å². The van der Waals surface area contributed by atoms with Crippen LogP contribution in [0.5, 0.6) is 11.5 Å². The van der Waals surface area contributed by atoms with Gasteiger partial charge in [-0.05, 0) is 64.8 Å². The van der Waals surface area contributed by atoms with Crippen LogP contribution in [-0.4, -0.2) is 94.4 Å². The third-order valence-electron chi connectivity index (χ3n) is 7.36. The SMILES string of the molecule is CCN(CC)C(=O)C(OC(=O)C1(C(=O)O)Oc2ccc(C[C@@H](C)NC[C@H](O)c3ccccc3Cl)cc2O1)C(=O)N(CC)CC. The minimum Gasteiger partial charge on any atom is -0.475 e. The number of carboxylic acids is 1. The number of hydrogen-bond donors (Lipinski definition) is 3. The topological polar surface area (TPSA) is 155 Å². The van der Waals surface area contributed by atoms with Crippen LogP contribution in [0.2, 0.25) is 5.02 Å². The highest BCUT2D eigenvalue weighted by atomic mass is 35.5. The van der Waals surface area contributed by atoms with E-state index in [1.54, 1.807) is 58.0 Å². The smallest absolute Gasteiger partial charge is 0.453 e. The standard InChI is InChI=1S/C31H40ClN3O9/c1-6-34(7-2)27(37)26(28(38)35(8-3)9-4)42-30(41)31(29(39)40)43-24-15-14-20(17-25(24)44-31)16-19(5)33-18-23(36)21-12-10-11-13-22(21)32/h10-15,17,19,23,26,33,36H,6-9,16,18H2,1-5H3,(H,39,40)/t19-,23+,31?/m1/s1. The molecule has 0 spiro atoms. The van der Waals surface area contributed by atoms with Crippen LogP contribution < -0.4 is 14.8 Å². The summed E-state index contributed by atoms with van der Waals surface area (Å²) < 4.78 is 16.4. The number of amides is 2. The van der Waals surface area contributed by atoms with Crippen molar-refractivity contribution in [1.29, 1.82) is 0 Å². The second-order valence-corrected chi connectivity index (χ2v) is 10.7. The van der Waals surface area contributed by atoms with Gasteiger partial charge >= 0.3 is 17.7 Å². The molecule has 3 rings (SSSR count). The predicted molar refractivity (Wildman–Crippen MR) is 161 cm³/mol. The Morgan fingerprint density at radius 3 is 2.05 bits per heavy atom. The second-order valence-electron chi connectivity index (χ2n) is 10.3. The quantitative estimate of drug-likeness (QED) is 0.197. The van der Waals surface area contributed by atoms with E-state index in [1.807, 2.05) is 6.92 Å². The number of hydrogen-bond acceptors (Lipinski definition) is 9. The van der Waals surface area contributed by atoms with Crippen LogP contribution in [0.3, 0.4) is 0 Å². The van der Waals surface area contributed by atoms with E-state index in [-0.39, 0.29) is 50.3 Å². The van der Waals surface area contributed by atoms with Gasteiger partial charge in [-0.3, -0.25) is 9.59 Å². The van der Waals surface area contributed by atoms with Crippen molar-refractivity contribution in [2.45, 2.75) is 65.1 Å². The molecule has 1 heterocycles. The Balaban J connectivity index is 1.76. The third kappa shape index (κ3) is 7.61. The first kappa shape index (κ1) is 34.6. The summed E-state index contributed by atoms with van der Waals surface area (Å²) >= 11 is 6.17. The molecule has 2 aromatic carbocycles. The van der Waals surface area contributed by atoms with Gasteiger partial charge in [0.1, 0.15) is 0 Å². The Morgan fingerprint density at radius 2 is 1.50 bits per heavy atom. The fourth-order valence-corrected chi connectivity index (χ4v) is 5.08. The highest BCUT2D eigenvalue weighted by Gasteiger charge is 2.60. The van der Waals surface area contributed by atoms with Crippen molar-refractivity contribution in [1.82, 2.24) is 15.1 Å². The van der Waals surface area contributed by atoms with Gasteiger partial charge < -0.3 is 39.5 Å². The maximum Gasteiger partial charge on any atom is 0.453 e. The van der Waals surface area contributed by atoms with Crippen LogP contribution in [0.25, 0.3) is 0 Å². The van der Waals surface area contributed by atoms with Gasteiger partial charge in [0, 0.05) is 49.4 Å². The maximum atomic E-state index is 13.4. The highest BCUT2D eigenvalue weighted by molar-refractivity contribution is 6.31. The van der Waals surface area contributed by atoms with E-state index in [9.17, 15) is 29.4 Å². The molecule has 0 fully saturated rings. The van der Waals surface area contributed by atoms with Gasteiger partial charge in [-0.2, -0.15) is 0 Å². The zero-order valence-electron chi connectivity index (χ0n) is 25.5. The number of nitrogens with one attached hydrogen (secondary N) is 1. The first-order chi connectivity index (χ1) is 20.9. The van der Waals surface area contributed by atoms with Crippen LogP contribution >= 0.6 is 11.6 Å². The van der Waals surface area contributed by atoms with Gasteiger partial charge in [-0.15, -0.1) is 0 Å². The maximum absolute atomic E-state index is 13.4. The lowest BCUT2D eigenvalue weighted by Gasteiger charge is -2.30. The molecule has 0 aromatic heterocycles. The predicted octanol–water partition coefficient (Wildman–Crippen LogP) is 2.79. The Labute approximate surface area is 261 Å². The number of esters is 1. The molecule has 2 aromatic rings. The fourth-order valence-electron chi connectivity index (χ4n) is 4.82. The number of fused-ring (bicyclic) bond motifs is 1. The summed E-state index contributed by atoms with van der Waals surface area (Å²) in [5, 5.41) is 24.3. The number of carbonyl (C=O) groups is 4. The molecule has 12 nitrogen and oxygen atoms in total. The number of carbonyl (C=O) groups excluding carboxylic acids is 3. The molecule has 1 aliphatic rings. The van der Waals surface area contributed by atoms with Crippen LogP contribution in [0.15, 0.2) is 42.5 Å². The molecule has 240 valence electrons. The van der Waals surface area contributed by atoms with Gasteiger partial charge in [-0.1, -0.05) is 35.9 Å². The number of carboxylic acid groups (broad SMARTS) is 1. The average Bonchev–Trinajstić information content (AvgIpc) is 3.40. The lowest BCUT2D eigenvalue weighted by atomic mass is 10.1. The van der Waals surface area contributed by atoms with E-state index < -0.39 is 41.7 Å². The van der Waals surface area contributed by atoms with Gasteiger partial charge in [0.25, 0.3) is 17.9 Å². The summed E-state index contributed by atoms with van der Waals surface area (Å²) in [6.45, 7) is 9.93. The van der Waals surface area contributed by atoms with E-state index in [1.165, 1.54) is 21.9 Å². The Morgan fingerprint density at radius 1 is 0.932 bits per heavy atom. The van der Waals surface area contributed by atoms with Crippen molar-refractivity contribution in [3.05, 3.63) is 58.6 Å². The molecular formula is C31H40ClN3O9. The zero-order chi connectivity index (χ0) is 32.6. The molecule has 0 bridgehead atoms. The summed E-state index contributed by atoms with van der Waals surface area (Å²) in [4.78, 5) is 54.9. The fraction of sp³-hybridized carbons (Fsp3) is 0.484. The molecule has 3 atom stereocenters. The largest absolute Gasteiger partial charge is 0.475 e. The number of halogens is 1. The molecule has 2 amide bonds. The molecule has 0 saturated heterocycles. The van der Waals surface area contributed by atoms with Crippen LogP contribution in [0, 0.1) is 0 Å². The monoisotopic (exact) mass is 633 g/mol. The van der Waals surface area contributed by atoms with Crippen molar-refractivity contribution < 1.29 is 43.6 Å². The summed E-state index contributed by atoms with van der Waals surface area (Å²) in [6, 6.07) is 11.6. The van der Waals surface area contributed by atoms with Gasteiger partial charge in [0.15, 0.2) is 11.5 Å². The van der Waals surface area contributed by atoms with Gasteiger partial charge in [-0.25, -0.2) is 9.59 Å². The molecule has 0 saturated carbocycles. The number of nitrogens with zero attached hydrogens (tertiary/aromatic N) is 2. The molecule has 13 heteroatoms. The number of aliphatic hydroxyl groups is 1. The molecule has 0 radical (unpaired) electrons. The van der Waals surface area contributed by atoms with Crippen molar-refractivity contribution in [3.8, 4) is 11.5 Å². The number of aliphatic carboxylic acids is 1. The number of rotatable bonds is 15. The average molecular weight is 634 g/mol. The highest BCUT2D eigenvalue weighted by Crippen LogP contribution is 2.41. The van der Waals surface area contributed by atoms with Crippen molar-refractivity contribution in [3.63, 3.8) is 0 Å². The first-order valence-corrected chi connectivity index (χ1v) is 15.0. The number of ether oxygens (including phenoxy) is 3. The third-order valence-corrected chi connectivity index (χ3v) is 7.70. The number of aliphatic hydroxyl groups excluding tert-OH is 1. The van der Waals surface area contributed by atoms with E-state index >= 15 is 0 Å². The van der Waals surface area contributed by atoms with E-state index in [0.717, 1.165) is 5.56 Å². The molecular weight excluding hydrogens is 594 g/mol. The minimum atomic E-state index is -2.96. The number of likely N-dealkylation sites (N-methyl/N-ethyl adjacent to an activating group) is 2. The summed E-state index contributed by atoms with van der Waals surface area (Å²) in [5.74, 6) is -7.92. The van der Waals surface area contributed by atoms with Crippen LogP contribution in [0.4, 0.5) is 0 Å². The first-order valence-electron chi connectivity index (χ1n) is 14.6. The minimum absolute atomic E-state index is 0.0214. The van der Waals surface area contributed by atoms with Crippen molar-refractivity contribution >= 4 is 35.4 Å². The number of benzene rings is 2. The lowest BCUT2D eigenvalue weighted by Crippen LogP contribution is -2.59. The van der Waals surface area contributed by atoms with Crippen molar-refractivity contribution in [2.24, 2.45) is 0 Å². The van der Waals surface area contributed by atoms with E-state index in [2.05, 4.69) is 5.32 Å². The normalized spacial score (nSPS) is 16.7. The molecule has 0 aliphatic carbocycles.